The second-order valence-corrected chi connectivity index (χ2v) is 6.45. The third-order valence-corrected chi connectivity index (χ3v) is 3.66. The molecule has 0 spiro atoms. The summed E-state index contributed by atoms with van der Waals surface area (Å²) in [6.45, 7) is 1.91. The van der Waals surface area contributed by atoms with Gasteiger partial charge in [-0.2, -0.15) is 0 Å². The molecule has 1 aromatic rings. The highest BCUT2D eigenvalue weighted by molar-refractivity contribution is 7.90. The normalized spacial score (nSPS) is 15.7. The molecule has 4 heteroatoms. The van der Waals surface area contributed by atoms with E-state index in [4.69, 9.17) is 0 Å². The maximum atomic E-state index is 11.0. The average Bonchev–Trinajstić information content (AvgIpc) is 2.25. The van der Waals surface area contributed by atoms with Crippen LogP contribution in [0.5, 0.6) is 0 Å². The maximum absolute atomic E-state index is 11.0. The van der Waals surface area contributed by atoms with Crippen LogP contribution in [0.4, 0.5) is 0 Å². The zero-order valence-corrected chi connectivity index (χ0v) is 10.4. The van der Waals surface area contributed by atoms with Crippen molar-refractivity contribution in [1.82, 2.24) is 0 Å². The summed E-state index contributed by atoms with van der Waals surface area (Å²) in [6.07, 6.45) is 0.860. The zero-order valence-electron chi connectivity index (χ0n) is 9.63. The largest absolute Gasteiger partial charge is 0.392 e. The Bertz CT molecular complexity index is 411. The van der Waals surface area contributed by atoms with Crippen LogP contribution in [0.1, 0.15) is 24.8 Å². The first-order chi connectivity index (χ1) is 7.40. The lowest BCUT2D eigenvalue weighted by molar-refractivity contribution is 0.146. The van der Waals surface area contributed by atoms with Gasteiger partial charge in [-0.25, -0.2) is 8.42 Å². The van der Waals surface area contributed by atoms with Crippen LogP contribution >= 0.6 is 0 Å². The van der Waals surface area contributed by atoms with Gasteiger partial charge < -0.3 is 5.11 Å². The molecule has 0 aliphatic rings. The van der Waals surface area contributed by atoms with Crippen molar-refractivity contribution in [2.24, 2.45) is 0 Å². The van der Waals surface area contributed by atoms with Crippen molar-refractivity contribution in [1.29, 1.82) is 0 Å². The Labute approximate surface area is 97.0 Å². The Kier molecular flexibility index (Phi) is 4.50. The van der Waals surface area contributed by atoms with E-state index in [0.29, 0.717) is 0 Å². The summed E-state index contributed by atoms with van der Waals surface area (Å²) in [5.41, 5.74) is 1.03. The molecule has 1 rings (SSSR count). The molecule has 0 fully saturated rings. The van der Waals surface area contributed by atoms with Crippen molar-refractivity contribution in [2.75, 3.05) is 12.0 Å². The van der Waals surface area contributed by atoms with Gasteiger partial charge in [0.05, 0.1) is 11.9 Å². The first kappa shape index (κ1) is 13.2. The van der Waals surface area contributed by atoms with E-state index in [-0.39, 0.29) is 18.1 Å². The molecule has 0 aliphatic heterocycles. The predicted octanol–water partition coefficient (Wildman–Crippen LogP) is 1.59. The zero-order chi connectivity index (χ0) is 12.2. The number of hydrogen-bond donors (Lipinski definition) is 1. The molecular formula is C12H18O3S. The highest BCUT2D eigenvalue weighted by atomic mass is 32.2. The quantitative estimate of drug-likeness (QED) is 0.853. The van der Waals surface area contributed by atoms with Gasteiger partial charge in [-0.3, -0.25) is 0 Å². The molecular weight excluding hydrogens is 224 g/mol. The summed E-state index contributed by atoms with van der Waals surface area (Å²) in [5.74, 6) is -0.00586. The third kappa shape index (κ3) is 4.33. The van der Waals surface area contributed by atoms with Gasteiger partial charge in [0.1, 0.15) is 9.84 Å². The van der Waals surface area contributed by atoms with Crippen LogP contribution < -0.4 is 0 Å². The summed E-state index contributed by atoms with van der Waals surface area (Å²) in [4.78, 5) is 0. The molecule has 0 heterocycles. The van der Waals surface area contributed by atoms with Gasteiger partial charge >= 0.3 is 0 Å². The fraction of sp³-hybridized carbons (Fsp3) is 0.500. The summed E-state index contributed by atoms with van der Waals surface area (Å²) in [6, 6.07) is 9.62. The van der Waals surface area contributed by atoms with Crippen LogP contribution in [0.15, 0.2) is 30.3 Å². The summed E-state index contributed by atoms with van der Waals surface area (Å²) >= 11 is 0. The van der Waals surface area contributed by atoms with Crippen LogP contribution in [-0.4, -0.2) is 31.6 Å². The molecule has 0 radical (unpaired) electrons. The van der Waals surface area contributed by atoms with Crippen molar-refractivity contribution in [2.45, 2.75) is 25.4 Å². The molecule has 0 amide bonds. The summed E-state index contributed by atoms with van der Waals surface area (Å²) in [7, 11) is -2.99. The minimum absolute atomic E-state index is 0.0331. The van der Waals surface area contributed by atoms with Gasteiger partial charge in [0.15, 0.2) is 0 Å². The van der Waals surface area contributed by atoms with E-state index in [1.807, 2.05) is 37.3 Å². The van der Waals surface area contributed by atoms with Gasteiger partial charge in [0.2, 0.25) is 0 Å². The van der Waals surface area contributed by atoms with E-state index < -0.39 is 15.9 Å². The topological polar surface area (TPSA) is 54.4 Å². The number of aliphatic hydroxyl groups excluding tert-OH is 1. The van der Waals surface area contributed by atoms with Crippen LogP contribution in [0.25, 0.3) is 0 Å². The van der Waals surface area contributed by atoms with Crippen molar-refractivity contribution >= 4 is 9.84 Å². The minimum Gasteiger partial charge on any atom is -0.392 e. The van der Waals surface area contributed by atoms with Crippen LogP contribution in [0.3, 0.4) is 0 Å². The molecule has 0 aliphatic carbocycles. The fourth-order valence-corrected chi connectivity index (χ4v) is 2.23. The molecule has 1 aromatic carbocycles. The van der Waals surface area contributed by atoms with E-state index in [0.717, 1.165) is 5.56 Å². The molecule has 16 heavy (non-hydrogen) atoms. The Morgan fingerprint density at radius 1 is 1.25 bits per heavy atom. The van der Waals surface area contributed by atoms with Gasteiger partial charge in [-0.15, -0.1) is 0 Å². The first-order valence-corrected chi connectivity index (χ1v) is 7.37. The lowest BCUT2D eigenvalue weighted by Crippen LogP contribution is -2.19. The molecule has 2 unspecified atom stereocenters. The van der Waals surface area contributed by atoms with E-state index in [9.17, 15) is 13.5 Å². The fourth-order valence-electron chi connectivity index (χ4n) is 1.56. The first-order valence-electron chi connectivity index (χ1n) is 5.31. The van der Waals surface area contributed by atoms with Gasteiger partial charge in [-0.05, 0) is 12.0 Å². The van der Waals surface area contributed by atoms with Gasteiger partial charge in [-0.1, -0.05) is 37.3 Å². The lowest BCUT2D eigenvalue weighted by Gasteiger charge is -2.18. The summed E-state index contributed by atoms with van der Waals surface area (Å²) < 4.78 is 22.0. The van der Waals surface area contributed by atoms with Crippen molar-refractivity contribution in [3.63, 3.8) is 0 Å². The van der Waals surface area contributed by atoms with Crippen molar-refractivity contribution in [3.05, 3.63) is 35.9 Å². The molecule has 90 valence electrons. The van der Waals surface area contributed by atoms with Crippen molar-refractivity contribution in [3.8, 4) is 0 Å². The number of sulfone groups is 1. The van der Waals surface area contributed by atoms with E-state index >= 15 is 0 Å². The Morgan fingerprint density at radius 2 is 1.81 bits per heavy atom. The number of aliphatic hydroxyl groups is 1. The predicted molar refractivity (Wildman–Crippen MR) is 65.2 cm³/mol. The van der Waals surface area contributed by atoms with Gasteiger partial charge in [0, 0.05) is 12.2 Å². The molecule has 3 nitrogen and oxygen atoms in total. The second-order valence-electron chi connectivity index (χ2n) is 4.19. The standard InChI is InChI=1S/C12H18O3S/c1-10(11-6-4-3-5-7-11)12(13)8-9-16(2,14)15/h3-7,10,12-13H,8-9H2,1-2H3. The van der Waals surface area contributed by atoms with Crippen LogP contribution in [-0.2, 0) is 9.84 Å². The Hall–Kier alpha value is -0.870. The highest BCUT2D eigenvalue weighted by Crippen LogP contribution is 2.20. The van der Waals surface area contributed by atoms with Crippen molar-refractivity contribution < 1.29 is 13.5 Å². The third-order valence-electron chi connectivity index (χ3n) is 2.69. The molecule has 0 saturated carbocycles. The van der Waals surface area contributed by atoms with E-state index in [2.05, 4.69) is 0 Å². The lowest BCUT2D eigenvalue weighted by atomic mass is 9.94. The highest BCUT2D eigenvalue weighted by Gasteiger charge is 2.17. The summed E-state index contributed by atoms with van der Waals surface area (Å²) in [5, 5.41) is 9.87. The molecule has 0 bridgehead atoms. The smallest absolute Gasteiger partial charge is 0.147 e. The maximum Gasteiger partial charge on any atom is 0.147 e. The molecule has 0 aromatic heterocycles. The Morgan fingerprint density at radius 3 is 2.31 bits per heavy atom. The SMILES string of the molecule is CC(c1ccccc1)C(O)CCS(C)(=O)=O. The number of hydrogen-bond acceptors (Lipinski definition) is 3. The average molecular weight is 242 g/mol. The van der Waals surface area contributed by atoms with Crippen LogP contribution in [0, 0.1) is 0 Å². The van der Waals surface area contributed by atoms with Crippen LogP contribution in [0.2, 0.25) is 0 Å². The number of benzene rings is 1. The van der Waals surface area contributed by atoms with E-state index in [1.165, 1.54) is 6.26 Å². The molecule has 0 saturated heterocycles. The van der Waals surface area contributed by atoms with E-state index in [1.54, 1.807) is 0 Å². The Balaban J connectivity index is 2.58. The molecule has 1 N–H and O–H groups in total. The van der Waals surface area contributed by atoms with Gasteiger partial charge in [0.25, 0.3) is 0 Å². The monoisotopic (exact) mass is 242 g/mol. The molecule has 2 atom stereocenters. The second kappa shape index (κ2) is 5.46. The number of rotatable bonds is 5. The minimum atomic E-state index is -2.99.